The topological polar surface area (TPSA) is 146 Å². The Balaban J connectivity index is 1.41. The normalized spacial score (nSPS) is 19.4. The highest BCUT2D eigenvalue weighted by molar-refractivity contribution is 6.32. The minimum Gasteiger partial charge on any atom is -0.463 e. The van der Waals surface area contributed by atoms with Gasteiger partial charge in [0.1, 0.15) is 12.9 Å². The molecule has 2 aromatic carbocycles. The van der Waals surface area contributed by atoms with Gasteiger partial charge in [-0.25, -0.2) is 28.1 Å². The molecule has 12 nitrogen and oxygen atoms in total. The highest BCUT2D eigenvalue weighted by Crippen LogP contribution is 2.60. The zero-order valence-corrected chi connectivity index (χ0v) is 28.4. The molecule has 2 aromatic heterocycles. The zero-order chi connectivity index (χ0) is 36.9. The SMILES string of the molecule is CC(C)(C)C[C@]1(c2ccc(-n3ccnn3)cc2)N=C(N)N([C@H](COC(=O)CC2(C(F)(F)F)CC2)c2ccc(Cl)c(-n3ncnc3C(F)F)c2)C1=O. The largest absolute Gasteiger partial charge is 0.463 e. The van der Waals surface area contributed by atoms with E-state index in [1.54, 1.807) is 30.5 Å². The number of nitrogens with two attached hydrogens (primary N) is 1. The van der Waals surface area contributed by atoms with Gasteiger partial charge >= 0.3 is 12.1 Å². The summed E-state index contributed by atoms with van der Waals surface area (Å²) in [5.74, 6) is -2.71. The number of halogens is 6. The van der Waals surface area contributed by atoms with E-state index in [1.165, 1.54) is 29.1 Å². The number of guanidine groups is 1. The molecule has 0 saturated heterocycles. The molecular weight excluding hydrogens is 701 g/mol. The van der Waals surface area contributed by atoms with Crippen molar-refractivity contribution in [1.29, 1.82) is 0 Å². The van der Waals surface area contributed by atoms with Crippen molar-refractivity contribution >= 4 is 29.4 Å². The number of ether oxygens (including phenoxy) is 1. The summed E-state index contributed by atoms with van der Waals surface area (Å²) in [6.45, 7) is 5.10. The van der Waals surface area contributed by atoms with Crippen LogP contribution in [0.15, 0.2) is 66.2 Å². The molecule has 1 aliphatic carbocycles. The number of alkyl halides is 5. The van der Waals surface area contributed by atoms with Gasteiger partial charge in [0.15, 0.2) is 17.3 Å². The minimum atomic E-state index is -4.60. The number of hydrogen-bond donors (Lipinski definition) is 1. The second-order valence-electron chi connectivity index (χ2n) is 13.8. The first-order chi connectivity index (χ1) is 23.9. The van der Waals surface area contributed by atoms with Crippen molar-refractivity contribution in [3.8, 4) is 11.4 Å². The lowest BCUT2D eigenvalue weighted by atomic mass is 9.75. The molecule has 0 radical (unpaired) electrons. The van der Waals surface area contributed by atoms with Crippen LogP contribution >= 0.6 is 11.6 Å². The van der Waals surface area contributed by atoms with E-state index in [1.807, 2.05) is 20.8 Å². The fourth-order valence-electron chi connectivity index (χ4n) is 6.32. The first-order valence-corrected chi connectivity index (χ1v) is 16.2. The highest BCUT2D eigenvalue weighted by atomic mass is 35.5. The molecule has 18 heteroatoms. The lowest BCUT2D eigenvalue weighted by Crippen LogP contribution is -2.47. The van der Waals surface area contributed by atoms with Gasteiger partial charge in [0.05, 0.1) is 46.7 Å². The third-order valence-electron chi connectivity index (χ3n) is 8.95. The zero-order valence-electron chi connectivity index (χ0n) is 27.6. The first-order valence-electron chi connectivity index (χ1n) is 15.8. The highest BCUT2D eigenvalue weighted by Gasteiger charge is 2.64. The average Bonchev–Trinajstić information content (AvgIpc) is 3.38. The van der Waals surface area contributed by atoms with Crippen LogP contribution in [0.25, 0.3) is 11.4 Å². The predicted octanol–water partition coefficient (Wildman–Crippen LogP) is 6.24. The van der Waals surface area contributed by atoms with Crippen LogP contribution in [0.3, 0.4) is 0 Å². The van der Waals surface area contributed by atoms with Crippen molar-refractivity contribution < 1.29 is 36.3 Å². The standard InChI is InChI=1S/C33H33ClF5N9O3/c1-30(2,3)17-32(20-5-7-21(8-6-20)46-13-12-42-45-46)28(50)47(29(40)44-32)24(16-51-25(49)15-31(10-11-31)33(37,38)39)19-4-9-22(34)23(14-19)48-27(26(35)36)41-18-43-48/h4-9,12-14,18,24,26H,10-11,15-17H2,1-3H3,(H2,40,44)/t24-,32-/m1/s1. The number of amides is 1. The Bertz CT molecular complexity index is 1950. The Kier molecular flexibility index (Phi) is 9.14. The van der Waals surface area contributed by atoms with E-state index in [9.17, 15) is 31.5 Å². The molecule has 1 fully saturated rings. The number of aliphatic imine (C=N–C) groups is 1. The lowest BCUT2D eigenvalue weighted by Gasteiger charge is -2.35. The molecule has 1 saturated carbocycles. The van der Waals surface area contributed by atoms with Crippen molar-refractivity contribution in [2.24, 2.45) is 21.6 Å². The summed E-state index contributed by atoms with van der Waals surface area (Å²) < 4.78 is 76.5. The summed E-state index contributed by atoms with van der Waals surface area (Å²) in [7, 11) is 0. The molecule has 1 amide bonds. The molecule has 3 heterocycles. The number of carbonyl (C=O) groups excluding carboxylic acids is 2. The number of hydrogen-bond acceptors (Lipinski definition) is 9. The van der Waals surface area contributed by atoms with E-state index in [0.717, 1.165) is 15.9 Å². The number of aromatic nitrogens is 6. The maximum atomic E-state index is 14.8. The molecule has 270 valence electrons. The van der Waals surface area contributed by atoms with Gasteiger partial charge in [-0.3, -0.25) is 14.5 Å². The molecule has 2 aliphatic rings. The third-order valence-corrected chi connectivity index (χ3v) is 9.27. The molecule has 4 aromatic rings. The van der Waals surface area contributed by atoms with Gasteiger partial charge in [-0.05, 0) is 60.1 Å². The van der Waals surface area contributed by atoms with Crippen molar-refractivity contribution in [3.63, 3.8) is 0 Å². The Morgan fingerprint density at radius 3 is 2.39 bits per heavy atom. The number of carbonyl (C=O) groups is 2. The average molecular weight is 734 g/mol. The van der Waals surface area contributed by atoms with Gasteiger partial charge in [-0.1, -0.05) is 55.8 Å². The van der Waals surface area contributed by atoms with E-state index in [0.29, 0.717) is 11.3 Å². The molecule has 0 unspecified atom stereocenters. The molecule has 51 heavy (non-hydrogen) atoms. The second kappa shape index (κ2) is 13.0. The number of nitrogens with zero attached hydrogens (tertiary/aromatic N) is 8. The summed E-state index contributed by atoms with van der Waals surface area (Å²) in [5.41, 5.74) is 3.58. The number of benzene rings is 2. The summed E-state index contributed by atoms with van der Waals surface area (Å²) in [6.07, 6.45) is -4.71. The van der Waals surface area contributed by atoms with Gasteiger partial charge in [0, 0.05) is 0 Å². The minimum absolute atomic E-state index is 0.00770. The van der Waals surface area contributed by atoms with E-state index in [-0.39, 0.29) is 41.5 Å². The van der Waals surface area contributed by atoms with Gasteiger partial charge in [-0.15, -0.1) is 5.10 Å². The van der Waals surface area contributed by atoms with Crippen molar-refractivity contribution in [3.05, 3.63) is 83.2 Å². The van der Waals surface area contributed by atoms with Gasteiger partial charge in [-0.2, -0.15) is 18.3 Å². The molecule has 1 aliphatic heterocycles. The molecule has 0 spiro atoms. The number of esters is 1. The first kappa shape index (κ1) is 35.9. The van der Waals surface area contributed by atoms with Crippen LogP contribution in [0.2, 0.25) is 5.02 Å². The Morgan fingerprint density at radius 1 is 1.10 bits per heavy atom. The third kappa shape index (κ3) is 6.90. The molecule has 0 bridgehead atoms. The van der Waals surface area contributed by atoms with Gasteiger partial charge in [0.25, 0.3) is 12.3 Å². The maximum absolute atomic E-state index is 14.8. The van der Waals surface area contributed by atoms with Crippen LogP contribution < -0.4 is 5.73 Å². The lowest BCUT2D eigenvalue weighted by molar-refractivity contribution is -0.195. The monoisotopic (exact) mass is 733 g/mol. The van der Waals surface area contributed by atoms with Crippen LogP contribution in [0, 0.1) is 10.8 Å². The Labute approximate surface area is 293 Å². The van der Waals surface area contributed by atoms with Gasteiger partial charge in [0.2, 0.25) is 0 Å². The number of rotatable bonds is 11. The van der Waals surface area contributed by atoms with E-state index >= 15 is 0 Å². The van der Waals surface area contributed by atoms with E-state index < -0.39 is 65.7 Å². The van der Waals surface area contributed by atoms with Crippen LogP contribution in [0.4, 0.5) is 22.0 Å². The van der Waals surface area contributed by atoms with Crippen LogP contribution in [-0.4, -0.2) is 65.3 Å². The van der Waals surface area contributed by atoms with Crippen LogP contribution in [-0.2, 0) is 19.9 Å². The quantitative estimate of drug-likeness (QED) is 0.141. The summed E-state index contributed by atoms with van der Waals surface area (Å²) in [4.78, 5) is 37.2. The molecule has 2 N–H and O–H groups in total. The predicted molar refractivity (Wildman–Crippen MR) is 173 cm³/mol. The van der Waals surface area contributed by atoms with Crippen LogP contribution in [0.5, 0.6) is 0 Å². The van der Waals surface area contributed by atoms with Crippen molar-refractivity contribution in [1.82, 2.24) is 34.7 Å². The second-order valence-corrected chi connectivity index (χ2v) is 14.2. The molecule has 2 atom stereocenters. The fraction of sp³-hybridized carbons (Fsp3) is 0.424. The van der Waals surface area contributed by atoms with Crippen molar-refractivity contribution in [2.45, 2.75) is 70.6 Å². The van der Waals surface area contributed by atoms with Crippen molar-refractivity contribution in [2.75, 3.05) is 6.61 Å². The van der Waals surface area contributed by atoms with Gasteiger partial charge < -0.3 is 10.5 Å². The maximum Gasteiger partial charge on any atom is 0.395 e. The molecular formula is C33H33ClF5N9O3. The summed E-state index contributed by atoms with van der Waals surface area (Å²) in [5, 5.41) is 11.7. The fourth-order valence-corrected chi connectivity index (χ4v) is 6.52. The smallest absolute Gasteiger partial charge is 0.395 e. The van der Waals surface area contributed by atoms with E-state index in [4.69, 9.17) is 27.1 Å². The Hall–Kier alpha value is -4.93. The Morgan fingerprint density at radius 2 is 1.80 bits per heavy atom. The summed E-state index contributed by atoms with van der Waals surface area (Å²) >= 11 is 6.42. The summed E-state index contributed by atoms with van der Waals surface area (Å²) in [6, 6.07) is 9.76. The van der Waals surface area contributed by atoms with E-state index in [2.05, 4.69) is 20.4 Å². The van der Waals surface area contributed by atoms with Crippen LogP contribution in [0.1, 0.15) is 75.9 Å². The molecule has 6 rings (SSSR count).